The van der Waals surface area contributed by atoms with Gasteiger partial charge in [-0.05, 0) is 83.1 Å². The zero-order valence-corrected chi connectivity index (χ0v) is 19.1. The highest BCUT2D eigenvalue weighted by molar-refractivity contribution is 5.92. The Labute approximate surface area is 190 Å². The first-order valence-electron chi connectivity index (χ1n) is 12.0. The van der Waals surface area contributed by atoms with Crippen molar-refractivity contribution < 1.29 is 13.5 Å². The van der Waals surface area contributed by atoms with Gasteiger partial charge in [0, 0.05) is 12.7 Å². The van der Waals surface area contributed by atoms with Gasteiger partial charge < -0.3 is 10.5 Å². The highest BCUT2D eigenvalue weighted by Gasteiger charge is 2.37. The Bertz CT molecular complexity index is 951. The molecule has 4 rings (SSSR count). The number of benzene rings is 1. The van der Waals surface area contributed by atoms with Crippen LogP contribution in [0.15, 0.2) is 36.5 Å². The molecular formula is C27H34F2N2O. The normalized spacial score (nSPS) is 21.3. The number of halogens is 2. The van der Waals surface area contributed by atoms with Crippen LogP contribution in [0.3, 0.4) is 0 Å². The minimum absolute atomic E-state index is 0.252. The van der Waals surface area contributed by atoms with Gasteiger partial charge in [0.25, 0.3) is 0 Å². The molecule has 1 saturated carbocycles. The molecule has 32 heavy (non-hydrogen) atoms. The molecule has 2 atom stereocenters. The van der Waals surface area contributed by atoms with Crippen molar-refractivity contribution in [1.29, 1.82) is 0 Å². The second kappa shape index (κ2) is 10.1. The molecule has 2 aliphatic carbocycles. The molecule has 0 spiro atoms. The topological polar surface area (TPSA) is 48.1 Å². The highest BCUT2D eigenvalue weighted by Crippen LogP contribution is 2.51. The van der Waals surface area contributed by atoms with Gasteiger partial charge in [-0.3, -0.25) is 4.98 Å². The van der Waals surface area contributed by atoms with Gasteiger partial charge in [-0.25, -0.2) is 0 Å². The van der Waals surface area contributed by atoms with Gasteiger partial charge in [0.15, 0.2) is 0 Å². The predicted molar refractivity (Wildman–Crippen MR) is 125 cm³/mol. The molecule has 2 aliphatic rings. The zero-order chi connectivity index (χ0) is 22.7. The number of aromatic nitrogens is 1. The third-order valence-electron chi connectivity index (χ3n) is 7.42. The molecule has 172 valence electrons. The van der Waals surface area contributed by atoms with Gasteiger partial charge in [-0.1, -0.05) is 51.7 Å². The Morgan fingerprint density at radius 3 is 2.59 bits per heavy atom. The van der Waals surface area contributed by atoms with Crippen LogP contribution in [0.5, 0.6) is 5.75 Å². The van der Waals surface area contributed by atoms with E-state index >= 15 is 0 Å². The van der Waals surface area contributed by atoms with Crippen LogP contribution in [-0.2, 0) is 6.54 Å². The van der Waals surface area contributed by atoms with E-state index in [4.69, 9.17) is 15.5 Å². The number of hydrogen-bond donors (Lipinski definition) is 1. The van der Waals surface area contributed by atoms with E-state index in [9.17, 15) is 8.78 Å². The van der Waals surface area contributed by atoms with E-state index in [1.165, 1.54) is 36.0 Å². The first-order valence-corrected chi connectivity index (χ1v) is 12.0. The largest absolute Gasteiger partial charge is 0.435 e. The molecule has 1 aromatic carbocycles. The van der Waals surface area contributed by atoms with E-state index in [1.807, 2.05) is 18.3 Å². The zero-order valence-electron chi connectivity index (χ0n) is 19.1. The summed E-state index contributed by atoms with van der Waals surface area (Å²) in [6, 6.07) is 9.71. The average molecular weight is 441 g/mol. The maximum atomic E-state index is 12.9. The van der Waals surface area contributed by atoms with Gasteiger partial charge in [-0.2, -0.15) is 8.78 Å². The Kier molecular flexibility index (Phi) is 7.24. The molecule has 1 fully saturated rings. The summed E-state index contributed by atoms with van der Waals surface area (Å²) in [5, 5.41) is 0. The van der Waals surface area contributed by atoms with E-state index in [-0.39, 0.29) is 11.7 Å². The first-order chi connectivity index (χ1) is 15.5. The number of allylic oxidation sites excluding steroid dienone is 2. The quantitative estimate of drug-likeness (QED) is 0.473. The van der Waals surface area contributed by atoms with Crippen molar-refractivity contribution in [2.45, 2.75) is 77.9 Å². The van der Waals surface area contributed by atoms with Crippen LogP contribution in [0.1, 0.15) is 87.1 Å². The average Bonchev–Trinajstić information content (AvgIpc) is 2.86. The van der Waals surface area contributed by atoms with Gasteiger partial charge >= 0.3 is 6.61 Å². The van der Waals surface area contributed by atoms with Crippen molar-refractivity contribution >= 4 is 11.1 Å². The molecule has 3 nitrogen and oxygen atoms in total. The van der Waals surface area contributed by atoms with Crippen molar-refractivity contribution in [1.82, 2.24) is 4.98 Å². The van der Waals surface area contributed by atoms with Crippen LogP contribution < -0.4 is 10.5 Å². The van der Waals surface area contributed by atoms with Crippen molar-refractivity contribution in [3.8, 4) is 5.75 Å². The Morgan fingerprint density at radius 1 is 1.19 bits per heavy atom. The SMILES string of the molecule is CCCCC1=C(c2ccc(CN)cn2)CC(C2CCC2)C(C)c2cc(OC(F)F)ccc21. The minimum Gasteiger partial charge on any atom is -0.435 e. The lowest BCUT2D eigenvalue weighted by Crippen LogP contribution is -2.26. The third kappa shape index (κ3) is 4.73. The predicted octanol–water partition coefficient (Wildman–Crippen LogP) is 7.17. The Hall–Kier alpha value is -2.27. The number of fused-ring (bicyclic) bond motifs is 1. The molecule has 0 bridgehead atoms. The number of unbranched alkanes of at least 4 members (excludes halogenated alkanes) is 1. The van der Waals surface area contributed by atoms with Gasteiger partial charge in [0.1, 0.15) is 5.75 Å². The molecule has 1 heterocycles. The highest BCUT2D eigenvalue weighted by atomic mass is 19.3. The number of nitrogens with two attached hydrogens (primary N) is 1. The lowest BCUT2D eigenvalue weighted by atomic mass is 9.67. The third-order valence-corrected chi connectivity index (χ3v) is 7.42. The molecule has 0 aliphatic heterocycles. The first kappa shape index (κ1) is 22.9. The maximum Gasteiger partial charge on any atom is 0.387 e. The molecule has 2 N–H and O–H groups in total. The van der Waals surface area contributed by atoms with Crippen molar-refractivity contribution in [3.05, 3.63) is 58.9 Å². The number of rotatable bonds is 8. The van der Waals surface area contributed by atoms with Crippen molar-refractivity contribution in [2.24, 2.45) is 17.6 Å². The smallest absolute Gasteiger partial charge is 0.387 e. The molecule has 1 aromatic heterocycles. The summed E-state index contributed by atoms with van der Waals surface area (Å²) in [5.41, 5.74) is 12.8. The van der Waals surface area contributed by atoms with E-state index in [1.54, 1.807) is 6.07 Å². The summed E-state index contributed by atoms with van der Waals surface area (Å²) in [6.45, 7) is 2.13. The fourth-order valence-corrected chi connectivity index (χ4v) is 5.36. The van der Waals surface area contributed by atoms with Crippen LogP contribution in [0.4, 0.5) is 8.78 Å². The van der Waals surface area contributed by atoms with E-state index in [0.29, 0.717) is 18.4 Å². The van der Waals surface area contributed by atoms with E-state index in [2.05, 4.69) is 26.0 Å². The van der Waals surface area contributed by atoms with Crippen LogP contribution in [0.2, 0.25) is 0 Å². The molecule has 5 heteroatoms. The van der Waals surface area contributed by atoms with Crippen molar-refractivity contribution in [3.63, 3.8) is 0 Å². The monoisotopic (exact) mass is 440 g/mol. The summed E-state index contributed by atoms with van der Waals surface area (Å²) >= 11 is 0. The summed E-state index contributed by atoms with van der Waals surface area (Å²) in [5.74, 6) is 1.66. The molecule has 2 aromatic rings. The van der Waals surface area contributed by atoms with Crippen LogP contribution in [-0.4, -0.2) is 11.6 Å². The fraction of sp³-hybridized carbons (Fsp3) is 0.519. The number of nitrogens with zero attached hydrogens (tertiary/aromatic N) is 1. The van der Waals surface area contributed by atoms with Crippen LogP contribution in [0, 0.1) is 11.8 Å². The second-order valence-electron chi connectivity index (χ2n) is 9.29. The van der Waals surface area contributed by atoms with E-state index in [0.717, 1.165) is 42.5 Å². The van der Waals surface area contributed by atoms with Gasteiger partial charge in [-0.15, -0.1) is 0 Å². The fourth-order valence-electron chi connectivity index (χ4n) is 5.36. The van der Waals surface area contributed by atoms with Crippen LogP contribution in [0.25, 0.3) is 11.1 Å². The number of pyridine rings is 1. The lowest BCUT2D eigenvalue weighted by Gasteiger charge is -2.37. The van der Waals surface area contributed by atoms with Crippen LogP contribution >= 0.6 is 0 Å². The maximum absolute atomic E-state index is 12.9. The molecule has 0 saturated heterocycles. The summed E-state index contributed by atoms with van der Waals surface area (Å²) in [4.78, 5) is 4.80. The van der Waals surface area contributed by atoms with Gasteiger partial charge in [0.05, 0.1) is 5.69 Å². The number of alkyl halides is 2. The second-order valence-corrected chi connectivity index (χ2v) is 9.29. The van der Waals surface area contributed by atoms with Crippen molar-refractivity contribution in [2.75, 3.05) is 0 Å². The number of ether oxygens (including phenoxy) is 1. The Balaban J connectivity index is 1.87. The summed E-state index contributed by atoms with van der Waals surface area (Å²) < 4.78 is 30.7. The van der Waals surface area contributed by atoms with E-state index < -0.39 is 6.61 Å². The molecule has 0 amide bonds. The number of hydrogen-bond acceptors (Lipinski definition) is 3. The Morgan fingerprint density at radius 2 is 2.00 bits per heavy atom. The standard InChI is InChI=1S/C27H34F2N2O/c1-3-4-8-21-22-11-10-20(32-27(28)29)13-24(22)17(2)23(19-6-5-7-19)14-25(21)26-12-9-18(15-30)16-31-26/h9-13,16-17,19,23,27H,3-8,14-15,30H2,1-2H3. The molecular weight excluding hydrogens is 406 g/mol. The molecule has 2 unspecified atom stereocenters. The molecule has 0 radical (unpaired) electrons. The minimum atomic E-state index is -2.81. The summed E-state index contributed by atoms with van der Waals surface area (Å²) in [7, 11) is 0. The summed E-state index contributed by atoms with van der Waals surface area (Å²) in [6.07, 6.45) is 9.76. The lowest BCUT2D eigenvalue weighted by molar-refractivity contribution is -0.0499. The van der Waals surface area contributed by atoms with Gasteiger partial charge in [0.2, 0.25) is 0 Å².